The van der Waals surface area contributed by atoms with Crippen LogP contribution in [-0.4, -0.2) is 39.3 Å². The molecule has 1 aliphatic carbocycles. The summed E-state index contributed by atoms with van der Waals surface area (Å²) >= 11 is 0. The van der Waals surface area contributed by atoms with Gasteiger partial charge in [-0.2, -0.15) is 10.2 Å². The standard InChI is InChI=1S/C25H28N6O3/c1-16(32)26-23-11-9-21(28-30-23)18-6-4-7-19(15-18)22-10-12-24(31-29-22)27-25(33)14-17-5-3-8-20(13-17)34-2/h3,5,8-13,18-19H,4,6-7,14-15H2,1-2H3,(H,26,30,32)(H,27,31,33)/t18-,19-/m0/s1. The van der Waals surface area contributed by atoms with Crippen molar-refractivity contribution in [1.29, 1.82) is 0 Å². The smallest absolute Gasteiger partial charge is 0.229 e. The molecule has 0 bridgehead atoms. The van der Waals surface area contributed by atoms with Crippen LogP contribution < -0.4 is 15.4 Å². The maximum Gasteiger partial charge on any atom is 0.229 e. The van der Waals surface area contributed by atoms with Crippen molar-refractivity contribution in [2.45, 2.75) is 50.9 Å². The average molecular weight is 461 g/mol. The largest absolute Gasteiger partial charge is 0.497 e. The van der Waals surface area contributed by atoms with Crippen LogP contribution in [0.15, 0.2) is 48.5 Å². The van der Waals surface area contributed by atoms with Gasteiger partial charge in [-0.3, -0.25) is 9.59 Å². The fraction of sp³-hybridized carbons (Fsp3) is 0.360. The number of nitrogens with one attached hydrogen (secondary N) is 2. The first-order valence-electron chi connectivity index (χ1n) is 11.4. The molecule has 176 valence electrons. The number of carbonyl (C=O) groups is 2. The van der Waals surface area contributed by atoms with Gasteiger partial charge in [-0.25, -0.2) is 0 Å². The van der Waals surface area contributed by atoms with Gasteiger partial charge in [0.1, 0.15) is 5.75 Å². The highest BCUT2D eigenvalue weighted by atomic mass is 16.5. The second-order valence-corrected chi connectivity index (χ2v) is 8.50. The zero-order valence-electron chi connectivity index (χ0n) is 19.3. The van der Waals surface area contributed by atoms with Crippen molar-refractivity contribution in [2.24, 2.45) is 0 Å². The van der Waals surface area contributed by atoms with E-state index >= 15 is 0 Å². The van der Waals surface area contributed by atoms with E-state index in [4.69, 9.17) is 4.74 Å². The third kappa shape index (κ3) is 6.12. The number of carbonyl (C=O) groups excluding carboxylic acids is 2. The number of nitrogens with zero attached hydrogens (tertiary/aromatic N) is 4. The highest BCUT2D eigenvalue weighted by Gasteiger charge is 2.26. The number of hydrogen-bond acceptors (Lipinski definition) is 7. The molecule has 0 radical (unpaired) electrons. The molecule has 9 nitrogen and oxygen atoms in total. The summed E-state index contributed by atoms with van der Waals surface area (Å²) in [6.07, 6.45) is 4.27. The molecular formula is C25H28N6O3. The van der Waals surface area contributed by atoms with Gasteiger partial charge in [-0.15, -0.1) is 10.2 Å². The van der Waals surface area contributed by atoms with Crippen molar-refractivity contribution in [3.8, 4) is 5.75 Å². The summed E-state index contributed by atoms with van der Waals surface area (Å²) in [5.41, 5.74) is 2.70. The van der Waals surface area contributed by atoms with Crippen molar-refractivity contribution >= 4 is 23.5 Å². The van der Waals surface area contributed by atoms with Gasteiger partial charge in [0.2, 0.25) is 11.8 Å². The molecule has 1 saturated carbocycles. The minimum Gasteiger partial charge on any atom is -0.497 e. The number of ether oxygens (including phenoxy) is 1. The Bertz CT molecular complexity index is 1130. The number of aromatic nitrogens is 4. The molecule has 1 fully saturated rings. The Hall–Kier alpha value is -3.88. The Balaban J connectivity index is 1.34. The summed E-state index contributed by atoms with van der Waals surface area (Å²) in [5.74, 6) is 1.83. The molecule has 0 spiro atoms. The number of hydrogen-bond donors (Lipinski definition) is 2. The molecule has 2 heterocycles. The van der Waals surface area contributed by atoms with Gasteiger partial charge in [0.25, 0.3) is 0 Å². The van der Waals surface area contributed by atoms with Crippen LogP contribution in [0.1, 0.15) is 61.4 Å². The van der Waals surface area contributed by atoms with E-state index < -0.39 is 0 Å². The van der Waals surface area contributed by atoms with Crippen LogP contribution in [0.5, 0.6) is 5.75 Å². The van der Waals surface area contributed by atoms with E-state index in [-0.39, 0.29) is 30.1 Å². The zero-order valence-corrected chi connectivity index (χ0v) is 19.3. The Kier molecular flexibility index (Phi) is 7.41. The summed E-state index contributed by atoms with van der Waals surface area (Å²) in [7, 11) is 1.60. The van der Waals surface area contributed by atoms with Crippen LogP contribution in [0.25, 0.3) is 0 Å². The maximum atomic E-state index is 12.4. The number of rotatable bonds is 7. The highest BCUT2D eigenvalue weighted by molar-refractivity contribution is 5.91. The van der Waals surface area contributed by atoms with Crippen LogP contribution in [-0.2, 0) is 16.0 Å². The summed E-state index contributed by atoms with van der Waals surface area (Å²) in [6, 6.07) is 14.9. The van der Waals surface area contributed by atoms with E-state index in [9.17, 15) is 9.59 Å². The number of amides is 2. The van der Waals surface area contributed by atoms with Crippen LogP contribution in [0.3, 0.4) is 0 Å². The normalized spacial score (nSPS) is 17.6. The Labute approximate surface area is 198 Å². The van der Waals surface area contributed by atoms with Crippen LogP contribution in [0, 0.1) is 0 Å². The molecule has 0 unspecified atom stereocenters. The summed E-state index contributed by atoms with van der Waals surface area (Å²) in [5, 5.41) is 22.5. The number of methoxy groups -OCH3 is 1. The van der Waals surface area contributed by atoms with Crippen LogP contribution >= 0.6 is 0 Å². The van der Waals surface area contributed by atoms with Crippen LogP contribution in [0.2, 0.25) is 0 Å². The van der Waals surface area contributed by atoms with Gasteiger partial charge in [-0.05, 0) is 61.2 Å². The van der Waals surface area contributed by atoms with E-state index in [0.29, 0.717) is 11.6 Å². The fourth-order valence-electron chi connectivity index (χ4n) is 4.32. The molecule has 2 amide bonds. The Morgan fingerprint density at radius 1 is 0.912 bits per heavy atom. The molecule has 34 heavy (non-hydrogen) atoms. The molecule has 2 N–H and O–H groups in total. The molecule has 4 rings (SSSR count). The lowest BCUT2D eigenvalue weighted by Gasteiger charge is -2.28. The van der Waals surface area contributed by atoms with Crippen molar-refractivity contribution in [3.05, 3.63) is 65.5 Å². The first-order chi connectivity index (χ1) is 16.5. The monoisotopic (exact) mass is 460 g/mol. The Morgan fingerprint density at radius 3 is 2.12 bits per heavy atom. The van der Waals surface area contributed by atoms with Gasteiger partial charge >= 0.3 is 0 Å². The minimum absolute atomic E-state index is 0.158. The zero-order chi connectivity index (χ0) is 23.9. The van der Waals surface area contributed by atoms with E-state index in [2.05, 4.69) is 31.0 Å². The molecule has 0 saturated heterocycles. The molecule has 3 aromatic rings. The molecule has 0 aliphatic heterocycles. The van der Waals surface area contributed by atoms with Gasteiger partial charge in [0.15, 0.2) is 11.6 Å². The maximum absolute atomic E-state index is 12.4. The quantitative estimate of drug-likeness (QED) is 0.549. The topological polar surface area (TPSA) is 119 Å². The lowest BCUT2D eigenvalue weighted by Crippen LogP contribution is -2.18. The summed E-state index contributed by atoms with van der Waals surface area (Å²) in [6.45, 7) is 1.44. The van der Waals surface area contributed by atoms with Gasteiger partial charge in [-0.1, -0.05) is 18.6 Å². The SMILES string of the molecule is COc1cccc(CC(=O)Nc2ccc([C@H]3CCC[C@H](c4ccc(NC(C)=O)nn4)C3)nn2)c1. The summed E-state index contributed by atoms with van der Waals surface area (Å²) < 4.78 is 5.20. The lowest BCUT2D eigenvalue weighted by molar-refractivity contribution is -0.116. The number of anilines is 2. The van der Waals surface area contributed by atoms with E-state index in [1.165, 1.54) is 6.92 Å². The fourth-order valence-corrected chi connectivity index (χ4v) is 4.32. The van der Waals surface area contributed by atoms with E-state index in [1.54, 1.807) is 19.2 Å². The van der Waals surface area contributed by atoms with Gasteiger partial charge < -0.3 is 15.4 Å². The first kappa shape index (κ1) is 23.3. The van der Waals surface area contributed by atoms with Crippen molar-refractivity contribution < 1.29 is 14.3 Å². The number of benzene rings is 1. The third-order valence-electron chi connectivity index (χ3n) is 5.95. The van der Waals surface area contributed by atoms with Crippen molar-refractivity contribution in [2.75, 3.05) is 17.7 Å². The van der Waals surface area contributed by atoms with Crippen molar-refractivity contribution in [1.82, 2.24) is 20.4 Å². The van der Waals surface area contributed by atoms with Crippen LogP contribution in [0.4, 0.5) is 11.6 Å². The molecule has 2 aromatic heterocycles. The second kappa shape index (κ2) is 10.8. The first-order valence-corrected chi connectivity index (χ1v) is 11.4. The van der Waals surface area contributed by atoms with Gasteiger partial charge in [0.05, 0.1) is 24.9 Å². The third-order valence-corrected chi connectivity index (χ3v) is 5.95. The van der Waals surface area contributed by atoms with Crippen molar-refractivity contribution in [3.63, 3.8) is 0 Å². The van der Waals surface area contributed by atoms with Gasteiger partial charge in [0, 0.05) is 18.8 Å². The summed E-state index contributed by atoms with van der Waals surface area (Å²) in [4.78, 5) is 23.6. The molecule has 2 atom stereocenters. The average Bonchev–Trinajstić information content (AvgIpc) is 2.85. The second-order valence-electron chi connectivity index (χ2n) is 8.50. The predicted octanol–water partition coefficient (Wildman–Crippen LogP) is 3.86. The molecule has 9 heteroatoms. The molecular weight excluding hydrogens is 432 g/mol. The van der Waals surface area contributed by atoms with E-state index in [1.807, 2.05) is 36.4 Å². The molecule has 1 aliphatic rings. The highest BCUT2D eigenvalue weighted by Crippen LogP contribution is 2.40. The van der Waals surface area contributed by atoms with E-state index in [0.717, 1.165) is 48.4 Å². The predicted molar refractivity (Wildman–Crippen MR) is 128 cm³/mol. The molecule has 1 aromatic carbocycles. The minimum atomic E-state index is -0.168. The lowest BCUT2D eigenvalue weighted by atomic mass is 9.78. The Morgan fingerprint density at radius 2 is 1.56 bits per heavy atom.